The van der Waals surface area contributed by atoms with Crippen molar-refractivity contribution in [3.05, 3.63) is 89.0 Å². The zero-order chi connectivity index (χ0) is 33.9. The molecule has 3 aromatic carbocycles. The van der Waals surface area contributed by atoms with Gasteiger partial charge in [-0.2, -0.15) is 5.26 Å². The number of carbonyl (C=O) groups excluding carboxylic acids is 1. The van der Waals surface area contributed by atoms with Crippen molar-refractivity contribution < 1.29 is 28.5 Å². The van der Waals surface area contributed by atoms with Gasteiger partial charge in [0.1, 0.15) is 17.1 Å². The zero-order valence-corrected chi connectivity index (χ0v) is 28.7. The minimum absolute atomic E-state index is 0.0260. The van der Waals surface area contributed by atoms with Gasteiger partial charge in [-0.15, -0.1) is 0 Å². The molecule has 2 aliphatic rings. The highest BCUT2D eigenvalue weighted by atomic mass is 16.6. The molecule has 9 nitrogen and oxygen atoms in total. The van der Waals surface area contributed by atoms with E-state index in [-0.39, 0.29) is 24.5 Å². The van der Waals surface area contributed by atoms with Gasteiger partial charge in [-0.05, 0) is 81.0 Å². The lowest BCUT2D eigenvalue weighted by Gasteiger charge is -2.40. The van der Waals surface area contributed by atoms with Gasteiger partial charge in [-0.25, -0.2) is 4.79 Å². The van der Waals surface area contributed by atoms with Crippen LogP contribution in [0.1, 0.15) is 80.7 Å². The van der Waals surface area contributed by atoms with Crippen LogP contribution in [0.2, 0.25) is 0 Å². The van der Waals surface area contributed by atoms with E-state index in [1.807, 2.05) is 57.2 Å². The third kappa shape index (κ3) is 9.65. The van der Waals surface area contributed by atoms with E-state index in [9.17, 15) is 10.1 Å². The first-order valence-electron chi connectivity index (χ1n) is 17.0. The third-order valence-corrected chi connectivity index (χ3v) is 8.73. The highest BCUT2D eigenvalue weighted by Gasteiger charge is 2.37. The Hall–Kier alpha value is -4.26. The van der Waals surface area contributed by atoms with Crippen LogP contribution in [0.25, 0.3) is 0 Å². The molecule has 1 N–H and O–H groups in total. The second-order valence-electron chi connectivity index (χ2n) is 13.4. The number of para-hydroxylation sites is 1. The third-order valence-electron chi connectivity index (χ3n) is 8.73. The number of hydrogen-bond acceptors (Lipinski definition) is 8. The van der Waals surface area contributed by atoms with Crippen LogP contribution in [-0.4, -0.2) is 62.7 Å². The summed E-state index contributed by atoms with van der Waals surface area (Å²) in [5.74, 6) is 1.64. The van der Waals surface area contributed by atoms with E-state index in [2.05, 4.69) is 41.7 Å². The van der Waals surface area contributed by atoms with Crippen molar-refractivity contribution in [1.29, 1.82) is 5.26 Å². The molecule has 5 rings (SSSR count). The van der Waals surface area contributed by atoms with Crippen molar-refractivity contribution in [3.63, 3.8) is 0 Å². The van der Waals surface area contributed by atoms with Crippen LogP contribution in [0.4, 0.5) is 10.5 Å². The summed E-state index contributed by atoms with van der Waals surface area (Å²) in [6, 6.07) is 24.7. The molecule has 0 aromatic heterocycles. The molecule has 0 aliphatic carbocycles. The first kappa shape index (κ1) is 35.1. The van der Waals surface area contributed by atoms with Crippen LogP contribution in [-0.2, 0) is 27.2 Å². The normalized spacial score (nSPS) is 18.2. The van der Waals surface area contributed by atoms with Gasteiger partial charge in [0.2, 0.25) is 0 Å². The first-order valence-corrected chi connectivity index (χ1v) is 17.0. The molecule has 9 heteroatoms. The van der Waals surface area contributed by atoms with Crippen LogP contribution in [0.3, 0.4) is 0 Å². The van der Waals surface area contributed by atoms with E-state index in [4.69, 9.17) is 23.7 Å². The van der Waals surface area contributed by atoms with E-state index >= 15 is 0 Å². The fraction of sp³-hybridized carbons (Fsp3) is 0.487. The fourth-order valence-corrected chi connectivity index (χ4v) is 6.31. The van der Waals surface area contributed by atoms with E-state index in [1.165, 1.54) is 5.56 Å². The van der Waals surface area contributed by atoms with Gasteiger partial charge in [-0.1, -0.05) is 42.5 Å². The van der Waals surface area contributed by atoms with Gasteiger partial charge < -0.3 is 33.9 Å². The molecule has 0 bridgehead atoms. The van der Waals surface area contributed by atoms with Gasteiger partial charge >= 0.3 is 6.09 Å². The van der Waals surface area contributed by atoms with Crippen LogP contribution in [0, 0.1) is 11.3 Å². The van der Waals surface area contributed by atoms with Crippen molar-refractivity contribution in [2.75, 3.05) is 45.3 Å². The molecule has 1 unspecified atom stereocenters. The number of likely N-dealkylation sites (tertiary alicyclic amines) is 1. The molecule has 1 amide bonds. The minimum Gasteiger partial charge on any atom is -0.496 e. The van der Waals surface area contributed by atoms with Gasteiger partial charge in [-0.3, -0.25) is 0 Å². The predicted octanol–water partition coefficient (Wildman–Crippen LogP) is 7.80. The number of ether oxygens (including phenoxy) is 5. The molecular weight excluding hydrogens is 606 g/mol. The number of methoxy groups -OCH3 is 1. The lowest BCUT2D eigenvalue weighted by atomic mass is 9.86. The highest BCUT2D eigenvalue weighted by Crippen LogP contribution is 2.37. The molecule has 0 saturated carbocycles. The van der Waals surface area contributed by atoms with Gasteiger partial charge in [0, 0.05) is 36.7 Å². The summed E-state index contributed by atoms with van der Waals surface area (Å²) in [5.41, 5.74) is 4.90. The largest absolute Gasteiger partial charge is 0.496 e. The number of nitriles is 1. The zero-order valence-electron chi connectivity index (χ0n) is 28.7. The van der Waals surface area contributed by atoms with Crippen molar-refractivity contribution in [2.45, 2.75) is 83.2 Å². The summed E-state index contributed by atoms with van der Waals surface area (Å²) in [5, 5.41) is 13.3. The smallest absolute Gasteiger partial charge is 0.410 e. The van der Waals surface area contributed by atoms with E-state index in [1.54, 1.807) is 12.0 Å². The molecule has 0 radical (unpaired) electrons. The SMILES string of the molecule is COc1ccccc1COCCCOc1ccc([C@H]2CCN(C(=O)OC(C)(C)C)C[C@@H]2OC(CC#N)c2ccc3c(c2)NCCC3)cc1. The summed E-state index contributed by atoms with van der Waals surface area (Å²) >= 11 is 0. The Kier molecular flexibility index (Phi) is 12.2. The van der Waals surface area contributed by atoms with Crippen LogP contribution >= 0.6 is 0 Å². The van der Waals surface area contributed by atoms with E-state index in [0.29, 0.717) is 39.3 Å². The van der Waals surface area contributed by atoms with Crippen molar-refractivity contribution >= 4 is 11.8 Å². The van der Waals surface area contributed by atoms with Gasteiger partial charge in [0.15, 0.2) is 0 Å². The standard InChI is InChI=1S/C39H49N3O6/c1-39(2,3)48-38(43)42-22-19-33(37(26-42)47-36(18-20-40)30-13-12-29-10-7-21-41-34(29)25-30)28-14-16-32(17-15-28)46-24-8-23-45-27-31-9-5-6-11-35(31)44-4/h5-6,9,11-17,25,33,36-37,41H,7-8,10,18-19,21-24,26-27H2,1-4H3/t33-,36?,37+/m1/s1. The number of rotatable bonds is 13. The van der Waals surface area contributed by atoms with Crippen LogP contribution in [0.15, 0.2) is 66.7 Å². The topological polar surface area (TPSA) is 102 Å². The maximum atomic E-state index is 13.1. The molecule has 1 fully saturated rings. The Morgan fingerprint density at radius 3 is 2.67 bits per heavy atom. The molecule has 3 atom stereocenters. The summed E-state index contributed by atoms with van der Waals surface area (Å²) in [7, 11) is 1.66. The summed E-state index contributed by atoms with van der Waals surface area (Å²) in [4.78, 5) is 14.8. The monoisotopic (exact) mass is 655 g/mol. The average Bonchev–Trinajstić information content (AvgIpc) is 3.09. The summed E-state index contributed by atoms with van der Waals surface area (Å²) in [6.45, 7) is 9.09. The lowest BCUT2D eigenvalue weighted by Crippen LogP contribution is -2.48. The Morgan fingerprint density at radius 1 is 1.08 bits per heavy atom. The number of amides is 1. The van der Waals surface area contributed by atoms with E-state index < -0.39 is 11.7 Å². The lowest BCUT2D eigenvalue weighted by molar-refractivity contribution is -0.0635. The number of piperidine rings is 1. The van der Waals surface area contributed by atoms with Crippen molar-refractivity contribution in [3.8, 4) is 17.6 Å². The Bertz CT molecular complexity index is 1530. The first-order chi connectivity index (χ1) is 23.2. The number of nitrogens with one attached hydrogen (secondary N) is 1. The number of carbonyl (C=O) groups is 1. The predicted molar refractivity (Wildman–Crippen MR) is 185 cm³/mol. The van der Waals surface area contributed by atoms with Gasteiger partial charge in [0.25, 0.3) is 0 Å². The maximum Gasteiger partial charge on any atom is 0.410 e. The average molecular weight is 656 g/mol. The fourth-order valence-electron chi connectivity index (χ4n) is 6.31. The number of nitrogens with zero attached hydrogens (tertiary/aromatic N) is 2. The Balaban J connectivity index is 1.23. The van der Waals surface area contributed by atoms with Crippen molar-refractivity contribution in [1.82, 2.24) is 4.90 Å². The summed E-state index contributed by atoms with van der Waals surface area (Å²) in [6.07, 6.45) is 2.72. The Labute approximate surface area is 285 Å². The maximum absolute atomic E-state index is 13.1. The molecule has 256 valence electrons. The molecule has 1 saturated heterocycles. The number of aryl methyl sites for hydroxylation is 1. The number of fused-ring (bicyclic) bond motifs is 1. The van der Waals surface area contributed by atoms with Crippen LogP contribution in [0.5, 0.6) is 11.5 Å². The molecule has 3 aromatic rings. The second-order valence-corrected chi connectivity index (χ2v) is 13.4. The number of hydrogen-bond donors (Lipinski definition) is 1. The molecule has 48 heavy (non-hydrogen) atoms. The highest BCUT2D eigenvalue weighted by molar-refractivity contribution is 5.68. The number of benzene rings is 3. The Morgan fingerprint density at radius 2 is 1.90 bits per heavy atom. The van der Waals surface area contributed by atoms with Crippen LogP contribution < -0.4 is 14.8 Å². The summed E-state index contributed by atoms with van der Waals surface area (Å²) < 4.78 is 29.8. The van der Waals surface area contributed by atoms with E-state index in [0.717, 1.165) is 59.7 Å². The molecular formula is C39H49N3O6. The quantitative estimate of drug-likeness (QED) is 0.186. The molecule has 0 spiro atoms. The molecule has 2 aliphatic heterocycles. The molecule has 2 heterocycles. The minimum atomic E-state index is -0.596. The van der Waals surface area contributed by atoms with Crippen molar-refractivity contribution in [2.24, 2.45) is 0 Å². The van der Waals surface area contributed by atoms with Gasteiger partial charge in [0.05, 0.1) is 58.2 Å². The second kappa shape index (κ2) is 16.7. The number of anilines is 1.